The third-order valence-electron chi connectivity index (χ3n) is 3.42. The molecule has 134 valence electrons. The van der Waals surface area contributed by atoms with Gasteiger partial charge in [0.25, 0.3) is 5.91 Å². The van der Waals surface area contributed by atoms with Crippen molar-refractivity contribution < 1.29 is 18.7 Å². The van der Waals surface area contributed by atoms with Gasteiger partial charge in [0.2, 0.25) is 5.91 Å². The van der Waals surface area contributed by atoms with Crippen LogP contribution >= 0.6 is 11.3 Å². The van der Waals surface area contributed by atoms with Gasteiger partial charge in [0.15, 0.2) is 5.13 Å². The monoisotopic (exact) mass is 373 g/mol. The van der Waals surface area contributed by atoms with Crippen LogP contribution in [0.15, 0.2) is 36.4 Å². The highest BCUT2D eigenvalue weighted by Gasteiger charge is 2.15. The number of hydrogen-bond donors (Lipinski definition) is 2. The Morgan fingerprint density at radius 1 is 1.19 bits per heavy atom. The van der Waals surface area contributed by atoms with E-state index in [1.165, 1.54) is 30.4 Å². The molecule has 0 aliphatic rings. The minimum absolute atomic E-state index is 0.175. The fourth-order valence-corrected chi connectivity index (χ4v) is 3.25. The Morgan fingerprint density at radius 3 is 2.73 bits per heavy atom. The number of nitrogens with zero attached hydrogens (tertiary/aromatic N) is 1. The zero-order valence-corrected chi connectivity index (χ0v) is 14.9. The number of amides is 2. The summed E-state index contributed by atoms with van der Waals surface area (Å²) in [5, 5.41) is 5.46. The topological polar surface area (TPSA) is 80.3 Å². The lowest BCUT2D eigenvalue weighted by atomic mass is 10.1. The van der Waals surface area contributed by atoms with Crippen LogP contribution in [0.1, 0.15) is 24.2 Å². The van der Waals surface area contributed by atoms with Crippen molar-refractivity contribution in [3.63, 3.8) is 0 Å². The molecule has 0 saturated carbocycles. The van der Waals surface area contributed by atoms with Crippen molar-refractivity contribution in [2.75, 3.05) is 17.2 Å². The Kier molecular flexibility index (Phi) is 5.13. The van der Waals surface area contributed by atoms with Gasteiger partial charge in [-0.15, -0.1) is 0 Å². The van der Waals surface area contributed by atoms with Crippen LogP contribution in [0.4, 0.5) is 15.2 Å². The lowest BCUT2D eigenvalue weighted by Gasteiger charge is -2.07. The standard InChI is InChI=1S/C18H16FN3O3S/c1-3-25-12-5-7-15-16(9-12)26-18(21-15)22-17(24)13-8-11(20-10(2)23)4-6-14(13)19/h4-9H,3H2,1-2H3,(H,20,23)(H,21,22,24). The second-order valence-corrected chi connectivity index (χ2v) is 6.44. The SMILES string of the molecule is CCOc1ccc2nc(NC(=O)c3cc(NC(C)=O)ccc3F)sc2c1. The number of carbonyl (C=O) groups is 2. The second-order valence-electron chi connectivity index (χ2n) is 5.41. The molecule has 2 amide bonds. The van der Waals surface area contributed by atoms with Crippen LogP contribution in [-0.4, -0.2) is 23.4 Å². The van der Waals surface area contributed by atoms with Gasteiger partial charge in [0.05, 0.1) is 22.4 Å². The minimum Gasteiger partial charge on any atom is -0.494 e. The third-order valence-corrected chi connectivity index (χ3v) is 4.36. The van der Waals surface area contributed by atoms with Crippen molar-refractivity contribution >= 4 is 44.2 Å². The van der Waals surface area contributed by atoms with Gasteiger partial charge in [0.1, 0.15) is 11.6 Å². The summed E-state index contributed by atoms with van der Waals surface area (Å²) >= 11 is 1.27. The van der Waals surface area contributed by atoms with Gasteiger partial charge in [0, 0.05) is 12.6 Å². The largest absolute Gasteiger partial charge is 0.494 e. The van der Waals surface area contributed by atoms with E-state index in [9.17, 15) is 14.0 Å². The molecule has 1 heterocycles. The highest BCUT2D eigenvalue weighted by molar-refractivity contribution is 7.22. The molecule has 2 N–H and O–H groups in total. The van der Waals surface area contributed by atoms with Gasteiger partial charge in [-0.05, 0) is 43.3 Å². The number of hydrogen-bond acceptors (Lipinski definition) is 5. The molecule has 0 atom stereocenters. The summed E-state index contributed by atoms with van der Waals surface area (Å²) in [6.07, 6.45) is 0. The molecule has 3 rings (SSSR count). The number of anilines is 2. The smallest absolute Gasteiger partial charge is 0.260 e. The molecule has 8 heteroatoms. The molecular weight excluding hydrogens is 357 g/mol. The van der Waals surface area contributed by atoms with Crippen LogP contribution in [0, 0.1) is 5.82 Å². The Labute approximate surface area is 153 Å². The summed E-state index contributed by atoms with van der Waals surface area (Å²) in [5.74, 6) is -0.912. The first-order valence-electron chi connectivity index (χ1n) is 7.88. The van der Waals surface area contributed by atoms with Crippen molar-refractivity contribution in [1.29, 1.82) is 0 Å². The molecule has 2 aromatic carbocycles. The molecule has 0 bridgehead atoms. The number of aromatic nitrogens is 1. The maximum atomic E-state index is 14.0. The number of nitrogens with one attached hydrogen (secondary N) is 2. The lowest BCUT2D eigenvalue weighted by Crippen LogP contribution is -2.15. The van der Waals surface area contributed by atoms with E-state index in [2.05, 4.69) is 15.6 Å². The number of halogens is 1. The highest BCUT2D eigenvalue weighted by atomic mass is 32.1. The van der Waals surface area contributed by atoms with Crippen molar-refractivity contribution in [2.45, 2.75) is 13.8 Å². The summed E-state index contributed by atoms with van der Waals surface area (Å²) < 4.78 is 20.3. The van der Waals surface area contributed by atoms with Crippen LogP contribution in [-0.2, 0) is 4.79 Å². The highest BCUT2D eigenvalue weighted by Crippen LogP contribution is 2.29. The van der Waals surface area contributed by atoms with E-state index in [0.717, 1.165) is 16.5 Å². The zero-order valence-electron chi connectivity index (χ0n) is 14.1. The third kappa shape index (κ3) is 3.97. The number of rotatable bonds is 5. The molecule has 26 heavy (non-hydrogen) atoms. The molecule has 0 aliphatic heterocycles. The molecule has 3 aromatic rings. The number of ether oxygens (including phenoxy) is 1. The first kappa shape index (κ1) is 17.8. The maximum absolute atomic E-state index is 14.0. The van der Waals surface area contributed by atoms with Crippen molar-refractivity contribution in [2.24, 2.45) is 0 Å². The van der Waals surface area contributed by atoms with Gasteiger partial charge < -0.3 is 10.1 Å². The number of fused-ring (bicyclic) bond motifs is 1. The summed E-state index contributed by atoms with van der Waals surface area (Å²) in [6, 6.07) is 9.24. The lowest BCUT2D eigenvalue weighted by molar-refractivity contribution is -0.114. The molecular formula is C18H16FN3O3S. The minimum atomic E-state index is -0.684. The number of thiazole rings is 1. The van der Waals surface area contributed by atoms with Crippen LogP contribution in [0.25, 0.3) is 10.2 Å². The molecule has 0 spiro atoms. The quantitative estimate of drug-likeness (QED) is 0.707. The fourth-order valence-electron chi connectivity index (χ4n) is 2.36. The summed E-state index contributed by atoms with van der Waals surface area (Å²) in [7, 11) is 0. The molecule has 0 radical (unpaired) electrons. The fraction of sp³-hybridized carbons (Fsp3) is 0.167. The summed E-state index contributed by atoms with van der Waals surface area (Å²) in [5.41, 5.74) is 0.876. The molecule has 1 aromatic heterocycles. The van der Waals surface area contributed by atoms with Crippen molar-refractivity contribution in [3.05, 3.63) is 47.8 Å². The molecule has 0 saturated heterocycles. The Hall–Kier alpha value is -3.00. The van der Waals surface area contributed by atoms with E-state index in [1.54, 1.807) is 12.1 Å². The van der Waals surface area contributed by atoms with Gasteiger partial charge in [-0.1, -0.05) is 11.3 Å². The predicted molar refractivity (Wildman–Crippen MR) is 99.4 cm³/mol. The average Bonchev–Trinajstić information content (AvgIpc) is 2.97. The number of carbonyl (C=O) groups excluding carboxylic acids is 2. The van der Waals surface area contributed by atoms with E-state index in [-0.39, 0.29) is 11.5 Å². The van der Waals surface area contributed by atoms with E-state index in [1.807, 2.05) is 13.0 Å². The van der Waals surface area contributed by atoms with Gasteiger partial charge >= 0.3 is 0 Å². The Bertz CT molecular complexity index is 987. The Morgan fingerprint density at radius 2 is 2.00 bits per heavy atom. The van der Waals surface area contributed by atoms with Crippen LogP contribution in [0.5, 0.6) is 5.75 Å². The van der Waals surface area contributed by atoms with Gasteiger partial charge in [-0.2, -0.15) is 0 Å². The predicted octanol–water partition coefficient (Wildman–Crippen LogP) is 4.04. The van der Waals surface area contributed by atoms with E-state index in [0.29, 0.717) is 22.9 Å². The molecule has 0 fully saturated rings. The summed E-state index contributed by atoms with van der Waals surface area (Å²) in [6.45, 7) is 3.78. The first-order valence-corrected chi connectivity index (χ1v) is 8.70. The average molecular weight is 373 g/mol. The molecule has 0 aliphatic carbocycles. The second kappa shape index (κ2) is 7.49. The van der Waals surface area contributed by atoms with Gasteiger partial charge in [-0.3, -0.25) is 14.9 Å². The van der Waals surface area contributed by atoms with Crippen LogP contribution < -0.4 is 15.4 Å². The van der Waals surface area contributed by atoms with E-state index < -0.39 is 11.7 Å². The zero-order chi connectivity index (χ0) is 18.7. The normalized spacial score (nSPS) is 10.6. The Balaban J connectivity index is 1.83. The van der Waals surface area contributed by atoms with Crippen LogP contribution in [0.3, 0.4) is 0 Å². The van der Waals surface area contributed by atoms with E-state index >= 15 is 0 Å². The number of benzene rings is 2. The van der Waals surface area contributed by atoms with E-state index in [4.69, 9.17) is 4.74 Å². The maximum Gasteiger partial charge on any atom is 0.260 e. The van der Waals surface area contributed by atoms with Gasteiger partial charge in [-0.25, -0.2) is 9.37 Å². The van der Waals surface area contributed by atoms with Crippen LogP contribution in [0.2, 0.25) is 0 Å². The van der Waals surface area contributed by atoms with Crippen molar-refractivity contribution in [3.8, 4) is 5.75 Å². The summed E-state index contributed by atoms with van der Waals surface area (Å²) in [4.78, 5) is 27.8. The molecule has 6 nitrogen and oxygen atoms in total. The molecule has 0 unspecified atom stereocenters. The van der Waals surface area contributed by atoms with Crippen molar-refractivity contribution in [1.82, 2.24) is 4.98 Å². The first-order chi connectivity index (χ1) is 12.5.